The lowest BCUT2D eigenvalue weighted by atomic mass is 10.2. The zero-order valence-electron chi connectivity index (χ0n) is 8.14. The first kappa shape index (κ1) is 9.45. The number of fused-ring (bicyclic) bond motifs is 1. The highest BCUT2D eigenvalue weighted by atomic mass is 16.4. The van der Waals surface area contributed by atoms with Crippen LogP contribution in [0, 0.1) is 6.92 Å². The van der Waals surface area contributed by atoms with Gasteiger partial charge in [-0.25, -0.2) is 9.67 Å². The lowest BCUT2D eigenvalue weighted by molar-refractivity contribution is -0.137. The van der Waals surface area contributed by atoms with Crippen LogP contribution in [0.25, 0.3) is 11.0 Å². The van der Waals surface area contributed by atoms with E-state index in [2.05, 4.69) is 10.1 Å². The summed E-state index contributed by atoms with van der Waals surface area (Å²) in [7, 11) is 0. The van der Waals surface area contributed by atoms with Crippen LogP contribution in [0.4, 0.5) is 5.82 Å². The molecular weight excluding hydrogens is 196 g/mol. The van der Waals surface area contributed by atoms with Crippen LogP contribution in [0.5, 0.6) is 0 Å². The number of nitrogens with two attached hydrogens (primary N) is 1. The molecule has 0 unspecified atom stereocenters. The van der Waals surface area contributed by atoms with E-state index < -0.39 is 5.97 Å². The molecule has 0 fully saturated rings. The molecule has 0 aromatic carbocycles. The van der Waals surface area contributed by atoms with Crippen molar-refractivity contribution < 1.29 is 9.90 Å². The molecule has 0 amide bonds. The molecule has 0 aliphatic heterocycles. The molecular formula is C9H10N4O2. The first-order chi connectivity index (χ1) is 7.08. The average molecular weight is 206 g/mol. The number of aliphatic carboxylic acids is 1. The number of carboxylic acid groups (broad SMARTS) is 1. The third-order valence-electron chi connectivity index (χ3n) is 2.04. The van der Waals surface area contributed by atoms with Gasteiger partial charge in [0.2, 0.25) is 0 Å². The van der Waals surface area contributed by atoms with Crippen molar-refractivity contribution >= 4 is 22.8 Å². The van der Waals surface area contributed by atoms with E-state index in [1.165, 1.54) is 4.68 Å². The lowest BCUT2D eigenvalue weighted by Gasteiger charge is -1.97. The quantitative estimate of drug-likeness (QED) is 0.742. The molecule has 0 aliphatic rings. The summed E-state index contributed by atoms with van der Waals surface area (Å²) in [6, 6.07) is 1.84. The highest BCUT2D eigenvalue weighted by Gasteiger charge is 2.11. The average Bonchev–Trinajstić information content (AvgIpc) is 2.42. The summed E-state index contributed by atoms with van der Waals surface area (Å²) >= 11 is 0. The Balaban J connectivity index is 2.62. The molecule has 2 rings (SSSR count). The fourth-order valence-electron chi connectivity index (χ4n) is 1.43. The molecule has 0 radical (unpaired) electrons. The highest BCUT2D eigenvalue weighted by Crippen LogP contribution is 2.19. The van der Waals surface area contributed by atoms with Crippen LogP contribution < -0.4 is 5.73 Å². The van der Waals surface area contributed by atoms with Crippen LogP contribution in [-0.2, 0) is 11.3 Å². The van der Waals surface area contributed by atoms with Gasteiger partial charge >= 0.3 is 5.97 Å². The molecule has 2 aromatic heterocycles. The van der Waals surface area contributed by atoms with E-state index in [1.807, 2.05) is 13.0 Å². The van der Waals surface area contributed by atoms with Crippen molar-refractivity contribution in [3.63, 3.8) is 0 Å². The number of aromatic nitrogens is 3. The Hall–Kier alpha value is -2.11. The van der Waals surface area contributed by atoms with Crippen LogP contribution in [0.2, 0.25) is 0 Å². The minimum atomic E-state index is -0.971. The number of hydrogen-bond donors (Lipinski definition) is 2. The summed E-state index contributed by atoms with van der Waals surface area (Å²) in [6.45, 7) is 1.66. The van der Waals surface area contributed by atoms with Gasteiger partial charge in [0.1, 0.15) is 6.54 Å². The minimum Gasteiger partial charge on any atom is -0.480 e. The Labute approximate surface area is 85.3 Å². The van der Waals surface area contributed by atoms with Gasteiger partial charge in [-0.2, -0.15) is 5.10 Å². The van der Waals surface area contributed by atoms with E-state index in [1.54, 1.807) is 6.20 Å². The van der Waals surface area contributed by atoms with Crippen molar-refractivity contribution in [3.8, 4) is 0 Å². The van der Waals surface area contributed by atoms with Crippen molar-refractivity contribution in [2.24, 2.45) is 0 Å². The second-order valence-corrected chi connectivity index (χ2v) is 3.32. The maximum Gasteiger partial charge on any atom is 0.325 e. The lowest BCUT2D eigenvalue weighted by Crippen LogP contribution is -2.10. The topological polar surface area (TPSA) is 94.0 Å². The van der Waals surface area contributed by atoms with Gasteiger partial charge in [-0.15, -0.1) is 0 Å². The number of carbonyl (C=O) groups is 1. The van der Waals surface area contributed by atoms with E-state index in [-0.39, 0.29) is 6.54 Å². The summed E-state index contributed by atoms with van der Waals surface area (Å²) in [5.74, 6) is -0.663. The number of nitrogen functional groups attached to an aromatic ring is 1. The molecule has 0 aliphatic carbocycles. The summed E-state index contributed by atoms with van der Waals surface area (Å²) in [5, 5.41) is 13.3. The van der Waals surface area contributed by atoms with E-state index in [0.29, 0.717) is 16.9 Å². The summed E-state index contributed by atoms with van der Waals surface area (Å²) in [5.41, 5.74) is 7.12. The van der Waals surface area contributed by atoms with Gasteiger partial charge in [0.25, 0.3) is 0 Å². The molecule has 0 bridgehead atoms. The van der Waals surface area contributed by atoms with Gasteiger partial charge in [-0.3, -0.25) is 4.79 Å². The molecule has 78 valence electrons. The Bertz CT molecular complexity index is 532. The number of pyridine rings is 1. The fourth-order valence-corrected chi connectivity index (χ4v) is 1.43. The van der Waals surface area contributed by atoms with Gasteiger partial charge in [0.05, 0.1) is 5.39 Å². The molecule has 2 aromatic rings. The number of rotatable bonds is 2. The predicted octanol–water partition coefficient (Wildman–Crippen LogP) is 0.407. The Morgan fingerprint density at radius 3 is 3.07 bits per heavy atom. The van der Waals surface area contributed by atoms with Gasteiger partial charge in [0, 0.05) is 6.20 Å². The fraction of sp³-hybridized carbons (Fsp3) is 0.222. The number of carboxylic acids is 1. The maximum absolute atomic E-state index is 10.6. The van der Waals surface area contributed by atoms with Crippen LogP contribution in [0.1, 0.15) is 5.56 Å². The number of aryl methyl sites for hydroxylation is 1. The number of anilines is 1. The predicted molar refractivity (Wildman–Crippen MR) is 54.3 cm³/mol. The molecule has 3 N–H and O–H groups in total. The van der Waals surface area contributed by atoms with Gasteiger partial charge < -0.3 is 10.8 Å². The van der Waals surface area contributed by atoms with Crippen molar-refractivity contribution in [2.45, 2.75) is 13.5 Å². The van der Waals surface area contributed by atoms with Crippen LogP contribution in [-0.4, -0.2) is 25.8 Å². The van der Waals surface area contributed by atoms with E-state index in [9.17, 15) is 4.79 Å². The molecule has 15 heavy (non-hydrogen) atoms. The van der Waals surface area contributed by atoms with Crippen LogP contribution in [0.15, 0.2) is 12.3 Å². The van der Waals surface area contributed by atoms with Gasteiger partial charge in [-0.05, 0) is 18.6 Å². The monoisotopic (exact) mass is 206 g/mol. The van der Waals surface area contributed by atoms with Crippen molar-refractivity contribution in [2.75, 3.05) is 5.73 Å². The van der Waals surface area contributed by atoms with Crippen LogP contribution >= 0.6 is 0 Å². The van der Waals surface area contributed by atoms with E-state index in [0.717, 1.165) is 5.56 Å². The highest BCUT2D eigenvalue weighted by molar-refractivity contribution is 5.87. The largest absolute Gasteiger partial charge is 0.480 e. The second kappa shape index (κ2) is 3.23. The normalized spacial score (nSPS) is 10.7. The van der Waals surface area contributed by atoms with Crippen molar-refractivity contribution in [1.29, 1.82) is 0 Å². The van der Waals surface area contributed by atoms with E-state index >= 15 is 0 Å². The zero-order chi connectivity index (χ0) is 11.0. The molecule has 2 heterocycles. The van der Waals surface area contributed by atoms with Crippen molar-refractivity contribution in [3.05, 3.63) is 17.8 Å². The Morgan fingerprint density at radius 1 is 1.67 bits per heavy atom. The molecule has 6 nitrogen and oxygen atoms in total. The molecule has 6 heteroatoms. The Kier molecular flexibility index (Phi) is 2.03. The maximum atomic E-state index is 10.6. The smallest absolute Gasteiger partial charge is 0.325 e. The Morgan fingerprint density at radius 2 is 2.40 bits per heavy atom. The summed E-state index contributed by atoms with van der Waals surface area (Å²) < 4.78 is 1.28. The van der Waals surface area contributed by atoms with Gasteiger partial charge in [0.15, 0.2) is 11.5 Å². The summed E-state index contributed by atoms with van der Waals surface area (Å²) in [6.07, 6.45) is 1.65. The molecule has 0 saturated carbocycles. The number of hydrogen-bond acceptors (Lipinski definition) is 4. The van der Waals surface area contributed by atoms with Gasteiger partial charge in [-0.1, -0.05) is 0 Å². The third-order valence-corrected chi connectivity index (χ3v) is 2.04. The first-order valence-electron chi connectivity index (χ1n) is 4.38. The first-order valence-corrected chi connectivity index (χ1v) is 4.38. The molecule has 0 saturated heterocycles. The van der Waals surface area contributed by atoms with Crippen molar-refractivity contribution in [1.82, 2.24) is 14.8 Å². The molecule has 0 spiro atoms. The minimum absolute atomic E-state index is 0.232. The SMILES string of the molecule is Cc1cnc2c(c1)c(N)nn2CC(=O)O. The third kappa shape index (κ3) is 1.61. The second-order valence-electron chi connectivity index (χ2n) is 3.32. The zero-order valence-corrected chi connectivity index (χ0v) is 8.14. The van der Waals surface area contributed by atoms with Crippen LogP contribution in [0.3, 0.4) is 0 Å². The summed E-state index contributed by atoms with van der Waals surface area (Å²) in [4.78, 5) is 14.7. The van der Waals surface area contributed by atoms with E-state index in [4.69, 9.17) is 10.8 Å². The molecule has 0 atom stereocenters. The number of nitrogens with zero attached hydrogens (tertiary/aromatic N) is 3. The standard InChI is InChI=1S/C9H10N4O2/c1-5-2-6-8(10)12-13(4-7(14)15)9(6)11-3-5/h2-3H,4H2,1H3,(H2,10,12)(H,14,15).